The van der Waals surface area contributed by atoms with E-state index in [-0.39, 0.29) is 17.5 Å². The molecule has 3 aromatic rings. The van der Waals surface area contributed by atoms with Gasteiger partial charge in [-0.3, -0.25) is 15.5 Å². The van der Waals surface area contributed by atoms with Crippen molar-refractivity contribution in [3.05, 3.63) is 67.6 Å². The summed E-state index contributed by atoms with van der Waals surface area (Å²) in [7, 11) is 0. The van der Waals surface area contributed by atoms with Gasteiger partial charge in [-0.05, 0) is 38.1 Å². The number of nitrogens with two attached hydrogens (primary N) is 1. The smallest absolute Gasteiger partial charge is 0.331 e. The SMILES string of the molecule is Cc1cc(C=NNc2nc(N)ncc2[N+](=O)[O-])c(C)n1-c1cc(Cl)ccc1Cl. The van der Waals surface area contributed by atoms with Gasteiger partial charge in [-0.1, -0.05) is 23.2 Å². The predicted molar refractivity (Wildman–Crippen MR) is 110 cm³/mol. The van der Waals surface area contributed by atoms with Gasteiger partial charge in [-0.2, -0.15) is 10.1 Å². The van der Waals surface area contributed by atoms with E-state index >= 15 is 0 Å². The molecule has 0 spiro atoms. The number of aryl methyl sites for hydroxylation is 1. The average Bonchev–Trinajstić information content (AvgIpc) is 2.91. The van der Waals surface area contributed by atoms with Crippen molar-refractivity contribution in [3.63, 3.8) is 0 Å². The van der Waals surface area contributed by atoms with Crippen LogP contribution in [0.5, 0.6) is 0 Å². The van der Waals surface area contributed by atoms with Crippen LogP contribution in [0, 0.1) is 24.0 Å². The van der Waals surface area contributed by atoms with E-state index in [1.54, 1.807) is 18.2 Å². The Morgan fingerprint density at radius 3 is 2.79 bits per heavy atom. The van der Waals surface area contributed by atoms with Gasteiger partial charge in [0.1, 0.15) is 6.20 Å². The number of nitro groups is 1. The normalized spacial score (nSPS) is 11.1. The molecular formula is C17H15Cl2N7O2. The second-order valence-corrected chi connectivity index (χ2v) is 6.69. The highest BCUT2D eigenvalue weighted by atomic mass is 35.5. The zero-order valence-corrected chi connectivity index (χ0v) is 16.4. The first-order valence-electron chi connectivity index (χ1n) is 7.98. The minimum Gasteiger partial charge on any atom is -0.368 e. The summed E-state index contributed by atoms with van der Waals surface area (Å²) in [5.74, 6) is -0.197. The molecule has 28 heavy (non-hydrogen) atoms. The number of nitrogen functional groups attached to an aromatic ring is 1. The summed E-state index contributed by atoms with van der Waals surface area (Å²) in [6.07, 6.45) is 2.55. The van der Waals surface area contributed by atoms with Crippen LogP contribution in [-0.4, -0.2) is 25.7 Å². The van der Waals surface area contributed by atoms with E-state index in [2.05, 4.69) is 20.5 Å². The molecule has 0 fully saturated rings. The highest BCUT2D eigenvalue weighted by Crippen LogP contribution is 2.28. The van der Waals surface area contributed by atoms with Crippen LogP contribution in [0.3, 0.4) is 0 Å². The van der Waals surface area contributed by atoms with E-state index in [1.165, 1.54) is 6.21 Å². The second-order valence-electron chi connectivity index (χ2n) is 5.85. The number of halogens is 2. The van der Waals surface area contributed by atoms with Crippen molar-refractivity contribution in [2.45, 2.75) is 13.8 Å². The number of hydrazone groups is 1. The molecule has 2 aromatic heterocycles. The molecule has 0 radical (unpaired) electrons. The van der Waals surface area contributed by atoms with Gasteiger partial charge >= 0.3 is 5.69 Å². The molecule has 0 saturated carbocycles. The molecule has 0 aliphatic carbocycles. The fourth-order valence-electron chi connectivity index (χ4n) is 2.71. The van der Waals surface area contributed by atoms with Gasteiger partial charge in [-0.25, -0.2) is 4.98 Å². The summed E-state index contributed by atoms with van der Waals surface area (Å²) in [4.78, 5) is 17.8. The molecule has 0 atom stereocenters. The van der Waals surface area contributed by atoms with Crippen LogP contribution in [0.1, 0.15) is 17.0 Å². The van der Waals surface area contributed by atoms with E-state index < -0.39 is 4.92 Å². The molecule has 2 heterocycles. The van der Waals surface area contributed by atoms with Gasteiger partial charge < -0.3 is 10.3 Å². The quantitative estimate of drug-likeness (QED) is 0.363. The summed E-state index contributed by atoms with van der Waals surface area (Å²) < 4.78 is 1.95. The maximum absolute atomic E-state index is 11.1. The van der Waals surface area contributed by atoms with Crippen LogP contribution < -0.4 is 11.2 Å². The molecule has 3 N–H and O–H groups in total. The molecule has 0 unspecified atom stereocenters. The number of aromatic nitrogens is 3. The van der Waals surface area contributed by atoms with Gasteiger partial charge in [-0.15, -0.1) is 0 Å². The Hall–Kier alpha value is -3.17. The van der Waals surface area contributed by atoms with Crippen molar-refractivity contribution in [3.8, 4) is 5.69 Å². The molecule has 0 saturated heterocycles. The van der Waals surface area contributed by atoms with E-state index in [9.17, 15) is 10.1 Å². The van der Waals surface area contributed by atoms with Gasteiger partial charge in [0.05, 0.1) is 21.8 Å². The molecule has 3 rings (SSSR count). The first-order valence-corrected chi connectivity index (χ1v) is 8.74. The lowest BCUT2D eigenvalue weighted by atomic mass is 10.2. The predicted octanol–water partition coefficient (Wildman–Crippen LogP) is 4.13. The van der Waals surface area contributed by atoms with E-state index in [0.29, 0.717) is 10.0 Å². The van der Waals surface area contributed by atoms with Crippen LogP contribution in [0.4, 0.5) is 17.5 Å². The monoisotopic (exact) mass is 419 g/mol. The number of nitrogens with zero attached hydrogens (tertiary/aromatic N) is 5. The maximum atomic E-state index is 11.1. The maximum Gasteiger partial charge on any atom is 0.331 e. The fraction of sp³-hybridized carbons (Fsp3) is 0.118. The van der Waals surface area contributed by atoms with Crippen molar-refractivity contribution in [1.82, 2.24) is 14.5 Å². The minimum atomic E-state index is -0.621. The van der Waals surface area contributed by atoms with Gasteiger partial charge in [0.2, 0.25) is 11.8 Å². The lowest BCUT2D eigenvalue weighted by Crippen LogP contribution is -2.04. The lowest BCUT2D eigenvalue weighted by Gasteiger charge is -2.12. The third kappa shape index (κ3) is 3.90. The van der Waals surface area contributed by atoms with Crippen molar-refractivity contribution >= 4 is 46.9 Å². The summed E-state index contributed by atoms with van der Waals surface area (Å²) >= 11 is 12.4. The second kappa shape index (κ2) is 7.83. The Labute approximate surface area is 170 Å². The van der Waals surface area contributed by atoms with Gasteiger partial charge in [0.25, 0.3) is 0 Å². The Balaban J connectivity index is 1.92. The topological polar surface area (TPSA) is 124 Å². The highest BCUT2D eigenvalue weighted by Gasteiger charge is 2.16. The Morgan fingerprint density at radius 2 is 2.07 bits per heavy atom. The summed E-state index contributed by atoms with van der Waals surface area (Å²) in [6.45, 7) is 3.82. The van der Waals surface area contributed by atoms with Crippen molar-refractivity contribution < 1.29 is 4.92 Å². The van der Waals surface area contributed by atoms with Crippen LogP contribution in [0.2, 0.25) is 10.0 Å². The van der Waals surface area contributed by atoms with E-state index in [1.807, 2.05) is 24.5 Å². The summed E-state index contributed by atoms with van der Waals surface area (Å²) in [5, 5.41) is 16.2. The molecule has 0 amide bonds. The van der Waals surface area contributed by atoms with Crippen LogP contribution >= 0.6 is 23.2 Å². The Morgan fingerprint density at radius 1 is 1.32 bits per heavy atom. The van der Waals surface area contributed by atoms with Crippen LogP contribution in [0.15, 0.2) is 35.6 Å². The first-order chi connectivity index (χ1) is 13.3. The number of benzene rings is 1. The van der Waals surface area contributed by atoms with Gasteiger partial charge in [0, 0.05) is 22.0 Å². The minimum absolute atomic E-state index is 0.0968. The molecule has 9 nitrogen and oxygen atoms in total. The molecule has 1 aromatic carbocycles. The number of hydrogen-bond donors (Lipinski definition) is 2. The summed E-state index contributed by atoms with van der Waals surface area (Å²) in [5.41, 5.74) is 11.0. The Bertz CT molecular complexity index is 1100. The number of hydrogen-bond acceptors (Lipinski definition) is 7. The zero-order chi connectivity index (χ0) is 20.4. The van der Waals surface area contributed by atoms with E-state index in [4.69, 9.17) is 28.9 Å². The fourth-order valence-corrected chi connectivity index (χ4v) is 3.08. The Kier molecular flexibility index (Phi) is 5.48. The third-order valence-electron chi connectivity index (χ3n) is 3.98. The third-order valence-corrected chi connectivity index (χ3v) is 4.53. The van der Waals surface area contributed by atoms with Crippen LogP contribution in [0.25, 0.3) is 5.69 Å². The van der Waals surface area contributed by atoms with Gasteiger partial charge in [0.15, 0.2) is 0 Å². The number of rotatable bonds is 5. The summed E-state index contributed by atoms with van der Waals surface area (Å²) in [6, 6.07) is 7.12. The lowest BCUT2D eigenvalue weighted by molar-refractivity contribution is -0.384. The van der Waals surface area contributed by atoms with Crippen LogP contribution in [-0.2, 0) is 0 Å². The largest absolute Gasteiger partial charge is 0.368 e. The first kappa shape index (κ1) is 19.6. The van der Waals surface area contributed by atoms with Crippen molar-refractivity contribution in [2.75, 3.05) is 11.2 Å². The molecule has 11 heteroatoms. The van der Waals surface area contributed by atoms with E-state index in [0.717, 1.165) is 28.8 Å². The van der Waals surface area contributed by atoms with Crippen molar-refractivity contribution in [2.24, 2.45) is 5.10 Å². The highest BCUT2D eigenvalue weighted by molar-refractivity contribution is 6.34. The zero-order valence-electron chi connectivity index (χ0n) is 14.8. The molecule has 0 aliphatic rings. The standard InChI is InChI=1S/C17H15Cl2N7O2/c1-9-5-11(10(2)25(9)14-6-12(18)3-4-13(14)19)7-22-24-16-15(26(27)28)8-21-17(20)23-16/h3-8H,1-2H3,(H3,20,21,23,24). The van der Waals surface area contributed by atoms with Crippen molar-refractivity contribution in [1.29, 1.82) is 0 Å². The molecule has 0 bridgehead atoms. The average molecular weight is 420 g/mol. The molecule has 0 aliphatic heterocycles. The number of anilines is 2. The number of nitrogens with one attached hydrogen (secondary N) is 1. The molecule has 144 valence electrons. The molecular weight excluding hydrogens is 405 g/mol.